The summed E-state index contributed by atoms with van der Waals surface area (Å²) < 4.78 is 40.3. The van der Waals surface area contributed by atoms with Crippen LogP contribution in [0.3, 0.4) is 0 Å². The second kappa shape index (κ2) is 7.54. The molecule has 0 fully saturated rings. The Balaban J connectivity index is 2.36. The van der Waals surface area contributed by atoms with Crippen molar-refractivity contribution in [3.05, 3.63) is 40.8 Å². The van der Waals surface area contributed by atoms with E-state index in [9.17, 15) is 18.0 Å². The summed E-state index contributed by atoms with van der Waals surface area (Å²) in [6.45, 7) is 6.86. The van der Waals surface area contributed by atoms with Gasteiger partial charge >= 0.3 is 12.3 Å². The summed E-state index contributed by atoms with van der Waals surface area (Å²) in [4.78, 5) is 20.1. The molecule has 2 aromatic rings. The Labute approximate surface area is 147 Å². The van der Waals surface area contributed by atoms with E-state index in [1.54, 1.807) is 20.8 Å². The van der Waals surface area contributed by atoms with Gasteiger partial charge in [0.15, 0.2) is 5.82 Å². The Bertz CT molecular complexity index is 843. The molecule has 0 aliphatic heterocycles. The molecule has 0 spiro atoms. The molecule has 2 aromatic heterocycles. The third-order valence-corrected chi connectivity index (χ3v) is 3.47. The number of hydrogen-bond acceptors (Lipinski definition) is 5. The largest absolute Gasteiger partial charge is 0.433 e. The zero-order valence-electron chi connectivity index (χ0n) is 14.7. The number of halogens is 3. The number of oxime groups is 1. The van der Waals surface area contributed by atoms with Crippen LogP contribution in [0.25, 0.3) is 5.82 Å². The molecule has 2 rings (SSSR count). The van der Waals surface area contributed by atoms with Crippen LogP contribution in [-0.4, -0.2) is 33.1 Å². The lowest BCUT2D eigenvalue weighted by molar-refractivity contribution is -0.137. The molecule has 1 N–H and O–H groups in total. The molecule has 7 nitrogen and oxygen atoms in total. The number of hydrogen-bond donors (Lipinski definition) is 1. The summed E-state index contributed by atoms with van der Waals surface area (Å²) in [5.74, 6) is 0.0403. The summed E-state index contributed by atoms with van der Waals surface area (Å²) >= 11 is 0. The first-order valence-corrected chi connectivity index (χ1v) is 7.74. The number of amides is 1. The minimum atomic E-state index is -4.48. The number of rotatable bonds is 4. The maximum atomic E-state index is 13.0. The van der Waals surface area contributed by atoms with Crippen LogP contribution >= 0.6 is 0 Å². The number of nitrogens with zero attached hydrogens (tertiary/aromatic N) is 4. The fourth-order valence-electron chi connectivity index (χ4n) is 2.25. The monoisotopic (exact) mass is 369 g/mol. The Kier molecular flexibility index (Phi) is 5.63. The first-order valence-electron chi connectivity index (χ1n) is 7.74. The summed E-state index contributed by atoms with van der Waals surface area (Å²) in [7, 11) is 0. The molecule has 0 bridgehead atoms. The Morgan fingerprint density at radius 1 is 1.35 bits per heavy atom. The van der Waals surface area contributed by atoms with Gasteiger partial charge in [0.05, 0.1) is 23.2 Å². The number of carbonyl (C=O) groups excluding carboxylic acids is 1. The summed E-state index contributed by atoms with van der Waals surface area (Å²) in [5.41, 5.74) is 0.796. The van der Waals surface area contributed by atoms with Crippen LogP contribution in [0.5, 0.6) is 0 Å². The first-order chi connectivity index (χ1) is 12.1. The quantitative estimate of drug-likeness (QED) is 0.509. The molecule has 1 amide bonds. The lowest BCUT2D eigenvalue weighted by atomic mass is 10.2. The minimum Gasteiger partial charge on any atom is -0.320 e. The maximum Gasteiger partial charge on any atom is 0.433 e. The normalized spacial score (nSPS) is 12.2. The summed E-state index contributed by atoms with van der Waals surface area (Å²) in [6.07, 6.45) is -3.76. The number of aryl methyl sites for hydroxylation is 1. The van der Waals surface area contributed by atoms with Gasteiger partial charge in [-0.3, -0.25) is 4.84 Å². The molecule has 0 atom stereocenters. The molecular formula is C16H18F3N5O2. The predicted molar refractivity (Wildman–Crippen MR) is 88.2 cm³/mol. The van der Waals surface area contributed by atoms with Crippen LogP contribution in [0, 0.1) is 13.8 Å². The Morgan fingerprint density at radius 3 is 2.65 bits per heavy atom. The van der Waals surface area contributed by atoms with Gasteiger partial charge in [-0.1, -0.05) is 5.16 Å². The van der Waals surface area contributed by atoms with Crippen LogP contribution < -0.4 is 5.32 Å². The van der Waals surface area contributed by atoms with Crippen molar-refractivity contribution < 1.29 is 22.8 Å². The highest BCUT2D eigenvalue weighted by atomic mass is 19.4. The minimum absolute atomic E-state index is 0.0403. The van der Waals surface area contributed by atoms with Gasteiger partial charge in [-0.15, -0.1) is 0 Å². The molecule has 0 saturated heterocycles. The van der Waals surface area contributed by atoms with Crippen LogP contribution in [0.4, 0.5) is 18.0 Å². The third kappa shape index (κ3) is 4.38. The van der Waals surface area contributed by atoms with Gasteiger partial charge in [-0.2, -0.15) is 18.3 Å². The zero-order chi connectivity index (χ0) is 19.5. The third-order valence-electron chi connectivity index (χ3n) is 3.47. The van der Waals surface area contributed by atoms with E-state index in [4.69, 9.17) is 0 Å². The molecule has 0 aromatic carbocycles. The molecule has 26 heavy (non-hydrogen) atoms. The Hall–Kier alpha value is -2.91. The van der Waals surface area contributed by atoms with E-state index in [0.717, 1.165) is 12.1 Å². The van der Waals surface area contributed by atoms with Gasteiger partial charge in [0.2, 0.25) is 0 Å². The van der Waals surface area contributed by atoms with E-state index < -0.39 is 17.8 Å². The second-order valence-corrected chi connectivity index (χ2v) is 5.49. The van der Waals surface area contributed by atoms with Crippen molar-refractivity contribution in [1.82, 2.24) is 20.1 Å². The fraction of sp³-hybridized carbons (Fsp3) is 0.375. The number of carbonyl (C=O) groups is 1. The molecule has 0 aliphatic carbocycles. The highest BCUT2D eigenvalue weighted by Gasteiger charge is 2.31. The van der Waals surface area contributed by atoms with Crippen molar-refractivity contribution in [2.75, 3.05) is 6.54 Å². The molecule has 10 heteroatoms. The van der Waals surface area contributed by atoms with Crippen molar-refractivity contribution in [2.45, 2.75) is 33.9 Å². The van der Waals surface area contributed by atoms with Gasteiger partial charge in [0.25, 0.3) is 0 Å². The second-order valence-electron chi connectivity index (χ2n) is 5.49. The lowest BCUT2D eigenvalue weighted by Crippen LogP contribution is -2.22. The van der Waals surface area contributed by atoms with Crippen molar-refractivity contribution in [3.8, 4) is 5.82 Å². The van der Waals surface area contributed by atoms with Gasteiger partial charge < -0.3 is 5.32 Å². The molecule has 2 heterocycles. The average Bonchev–Trinajstić information content (AvgIpc) is 2.93. The summed E-state index contributed by atoms with van der Waals surface area (Å²) in [6, 6.07) is 1.89. The van der Waals surface area contributed by atoms with Crippen molar-refractivity contribution in [2.24, 2.45) is 5.16 Å². The molecule has 0 aliphatic rings. The van der Waals surface area contributed by atoms with Crippen LogP contribution in [0.1, 0.15) is 36.4 Å². The Morgan fingerprint density at radius 2 is 2.04 bits per heavy atom. The first kappa shape index (κ1) is 19.4. The number of alkyl halides is 3. The smallest absolute Gasteiger partial charge is 0.320 e. The molecule has 140 valence electrons. The van der Waals surface area contributed by atoms with Gasteiger partial charge in [0, 0.05) is 17.8 Å². The standard InChI is InChI=1S/C16H18F3N5O2/c1-5-20-15(25)26-23-10(3)13-8-21-24(11(13)4)14-7-12(16(17,18)19)6-9(2)22-14/h6-8H,5H2,1-4H3,(H,20,25)/b23-10-. The molecule has 0 radical (unpaired) electrons. The van der Waals surface area contributed by atoms with E-state index in [0.29, 0.717) is 23.5 Å². The van der Waals surface area contributed by atoms with E-state index in [2.05, 4.69) is 25.4 Å². The van der Waals surface area contributed by atoms with Gasteiger partial charge in [0.1, 0.15) is 0 Å². The zero-order valence-corrected chi connectivity index (χ0v) is 14.7. The van der Waals surface area contributed by atoms with Crippen LogP contribution in [-0.2, 0) is 11.0 Å². The van der Waals surface area contributed by atoms with Crippen LogP contribution in [0.15, 0.2) is 23.5 Å². The van der Waals surface area contributed by atoms with Gasteiger partial charge in [-0.25, -0.2) is 14.5 Å². The highest BCUT2D eigenvalue weighted by Crippen LogP contribution is 2.30. The summed E-state index contributed by atoms with van der Waals surface area (Å²) in [5, 5.41) is 10.2. The molecule has 0 saturated carbocycles. The van der Waals surface area contributed by atoms with Crippen molar-refractivity contribution >= 4 is 11.8 Å². The SMILES string of the molecule is CCNC(=O)O/N=C(/C)c1cnn(-c2cc(C(F)(F)F)cc(C)n2)c1C. The number of pyridine rings is 1. The van der Waals surface area contributed by atoms with Crippen molar-refractivity contribution in [1.29, 1.82) is 0 Å². The lowest BCUT2D eigenvalue weighted by Gasteiger charge is -2.11. The van der Waals surface area contributed by atoms with Crippen LogP contribution in [0.2, 0.25) is 0 Å². The molecular weight excluding hydrogens is 351 g/mol. The van der Waals surface area contributed by atoms with Gasteiger partial charge in [-0.05, 0) is 39.8 Å². The van der Waals surface area contributed by atoms with Crippen molar-refractivity contribution in [3.63, 3.8) is 0 Å². The predicted octanol–water partition coefficient (Wildman–Crippen LogP) is 3.37. The van der Waals surface area contributed by atoms with E-state index in [1.807, 2.05) is 0 Å². The maximum absolute atomic E-state index is 13.0. The average molecular weight is 369 g/mol. The highest BCUT2D eigenvalue weighted by molar-refractivity contribution is 5.99. The number of aromatic nitrogens is 3. The van der Waals surface area contributed by atoms with E-state index in [-0.39, 0.29) is 11.5 Å². The van der Waals surface area contributed by atoms with E-state index in [1.165, 1.54) is 17.8 Å². The van der Waals surface area contributed by atoms with E-state index >= 15 is 0 Å². The topological polar surface area (TPSA) is 81.4 Å². The number of nitrogens with one attached hydrogen (secondary N) is 1. The molecule has 0 unspecified atom stereocenters. The fourth-order valence-corrected chi connectivity index (χ4v) is 2.25.